The average molecular weight is 394 g/mol. The molecule has 0 saturated carbocycles. The third kappa shape index (κ3) is 6.59. The molecule has 0 spiro atoms. The van der Waals surface area contributed by atoms with Gasteiger partial charge in [0.05, 0.1) is 59.2 Å². The molecule has 2 heterocycles. The van der Waals surface area contributed by atoms with E-state index in [2.05, 4.69) is 20.9 Å². The molecule has 0 fully saturated rings. The smallest absolute Gasteiger partial charge is 0.280 e. The summed E-state index contributed by atoms with van der Waals surface area (Å²) in [5.74, 6) is 2.60. The number of imidazole rings is 1. The lowest BCUT2D eigenvalue weighted by atomic mass is 10.3. The zero-order chi connectivity index (χ0) is 20.2. The number of hydrogen-bond donors (Lipinski definition) is 3. The Labute approximate surface area is 162 Å². The zero-order valence-corrected chi connectivity index (χ0v) is 15.6. The predicted octanol–water partition coefficient (Wildman–Crippen LogP) is -1.10. The summed E-state index contributed by atoms with van der Waals surface area (Å²) < 4.78 is 23.1. The molecule has 0 amide bonds. The number of hydrogen-bond acceptors (Lipinski definition) is 9. The minimum Gasteiger partial charge on any atom is -0.378 e. The second-order valence-electron chi connectivity index (χ2n) is 5.66. The predicted molar refractivity (Wildman–Crippen MR) is 103 cm³/mol. The van der Waals surface area contributed by atoms with Crippen molar-refractivity contribution in [2.24, 2.45) is 5.73 Å². The molecule has 0 aliphatic rings. The minimum atomic E-state index is -0.476. The Hall–Kier alpha value is -2.49. The molecule has 0 saturated heterocycles. The number of aromatic amines is 1. The number of fused-ring (bicyclic) bond motifs is 1. The zero-order valence-electron chi connectivity index (χ0n) is 15.6. The van der Waals surface area contributed by atoms with Gasteiger partial charge < -0.3 is 30.4 Å². The Morgan fingerprint density at radius 2 is 1.71 bits per heavy atom. The van der Waals surface area contributed by atoms with Crippen molar-refractivity contribution in [2.45, 2.75) is 6.04 Å². The number of nitrogens with two attached hydrogens (primary N) is 2. The summed E-state index contributed by atoms with van der Waals surface area (Å²) >= 11 is 0. The molecule has 0 aromatic carbocycles. The topological polar surface area (TPSA) is 153 Å². The molecule has 2 aromatic heterocycles. The van der Waals surface area contributed by atoms with Crippen LogP contribution in [0.25, 0.3) is 11.2 Å². The molecular weight excluding hydrogens is 368 g/mol. The lowest BCUT2D eigenvalue weighted by Gasteiger charge is -2.13. The van der Waals surface area contributed by atoms with Gasteiger partial charge in [0.1, 0.15) is 6.04 Å². The Balaban J connectivity index is 1.65. The number of anilines is 1. The molecule has 1 unspecified atom stereocenters. The van der Waals surface area contributed by atoms with Gasteiger partial charge in [-0.25, -0.2) is 4.98 Å². The van der Waals surface area contributed by atoms with Crippen molar-refractivity contribution in [2.75, 3.05) is 65.1 Å². The fraction of sp³-hybridized carbons (Fsp3) is 0.588. The van der Waals surface area contributed by atoms with Crippen molar-refractivity contribution < 1.29 is 18.9 Å². The van der Waals surface area contributed by atoms with Crippen LogP contribution in [0, 0.1) is 12.3 Å². The van der Waals surface area contributed by atoms with E-state index in [1.807, 2.05) is 0 Å². The lowest BCUT2D eigenvalue weighted by Crippen LogP contribution is -2.18. The van der Waals surface area contributed by atoms with Gasteiger partial charge in [0.15, 0.2) is 11.2 Å². The van der Waals surface area contributed by atoms with Crippen molar-refractivity contribution >= 4 is 17.1 Å². The number of ether oxygens (including phenoxy) is 4. The summed E-state index contributed by atoms with van der Waals surface area (Å²) in [5, 5.41) is 0. The number of H-pyrrole nitrogens is 1. The highest BCUT2D eigenvalue weighted by atomic mass is 16.6. The molecule has 0 radical (unpaired) electrons. The van der Waals surface area contributed by atoms with E-state index in [9.17, 15) is 4.79 Å². The quantitative estimate of drug-likeness (QED) is 0.268. The molecule has 0 aliphatic carbocycles. The number of aromatic nitrogens is 4. The molecule has 11 heteroatoms. The van der Waals surface area contributed by atoms with Crippen LogP contribution in [0.15, 0.2) is 11.1 Å². The summed E-state index contributed by atoms with van der Waals surface area (Å²) in [4.78, 5) is 22.3. The summed E-state index contributed by atoms with van der Waals surface area (Å²) in [6, 6.07) is -0.476. The standard InChI is InChI=1S/C17H26N6O5/c1-2-13(23-12-20-14-15(23)21-17(19)22-16(14)24)11-28-10-9-27-8-7-26-6-5-25-4-3-18/h1,12-13H,3-11,18H2,(H3,19,21,22,24). The first-order valence-electron chi connectivity index (χ1n) is 8.87. The third-order valence-corrected chi connectivity index (χ3v) is 3.63. The Morgan fingerprint density at radius 1 is 1.11 bits per heavy atom. The first kappa shape index (κ1) is 21.8. The summed E-state index contributed by atoms with van der Waals surface area (Å²) in [6.45, 7) is 3.97. The van der Waals surface area contributed by atoms with Gasteiger partial charge in [-0.15, -0.1) is 6.42 Å². The highest BCUT2D eigenvalue weighted by molar-refractivity contribution is 5.70. The second kappa shape index (κ2) is 12.1. The average Bonchev–Trinajstić information content (AvgIpc) is 3.09. The highest BCUT2D eigenvalue weighted by Gasteiger charge is 2.15. The van der Waals surface area contributed by atoms with Crippen LogP contribution in [0.5, 0.6) is 0 Å². The van der Waals surface area contributed by atoms with E-state index >= 15 is 0 Å². The normalized spacial score (nSPS) is 12.3. The summed E-state index contributed by atoms with van der Waals surface area (Å²) in [7, 11) is 0. The molecule has 11 nitrogen and oxygen atoms in total. The van der Waals surface area contributed by atoms with Crippen LogP contribution in [0.3, 0.4) is 0 Å². The number of nitrogens with one attached hydrogen (secondary N) is 1. The van der Waals surface area contributed by atoms with E-state index in [0.29, 0.717) is 58.4 Å². The fourth-order valence-electron chi connectivity index (χ4n) is 2.32. The van der Waals surface area contributed by atoms with E-state index in [1.165, 1.54) is 6.33 Å². The Kier molecular flexibility index (Phi) is 9.40. The van der Waals surface area contributed by atoms with Gasteiger partial charge in [-0.2, -0.15) is 4.98 Å². The maximum absolute atomic E-state index is 11.8. The Morgan fingerprint density at radius 3 is 2.32 bits per heavy atom. The van der Waals surface area contributed by atoms with Crippen molar-refractivity contribution in [3.05, 3.63) is 16.7 Å². The SMILES string of the molecule is C#CC(COCCOCCOCCOCCN)n1cnc2c(=O)[nH]c(N)nc21. The molecule has 154 valence electrons. The van der Waals surface area contributed by atoms with Gasteiger partial charge in [-0.3, -0.25) is 14.3 Å². The van der Waals surface area contributed by atoms with Gasteiger partial charge in [0.25, 0.3) is 5.56 Å². The van der Waals surface area contributed by atoms with Crippen molar-refractivity contribution in [3.8, 4) is 12.3 Å². The van der Waals surface area contributed by atoms with Crippen LogP contribution in [-0.4, -0.2) is 78.9 Å². The molecule has 28 heavy (non-hydrogen) atoms. The van der Waals surface area contributed by atoms with Crippen LogP contribution in [0.2, 0.25) is 0 Å². The summed E-state index contributed by atoms with van der Waals surface area (Å²) in [6.07, 6.45) is 7.03. The van der Waals surface area contributed by atoms with Crippen LogP contribution >= 0.6 is 0 Å². The van der Waals surface area contributed by atoms with Crippen LogP contribution < -0.4 is 17.0 Å². The van der Waals surface area contributed by atoms with Crippen molar-refractivity contribution in [1.29, 1.82) is 0 Å². The maximum Gasteiger partial charge on any atom is 0.280 e. The van der Waals surface area contributed by atoms with Crippen LogP contribution in [0.1, 0.15) is 6.04 Å². The molecule has 2 rings (SSSR count). The van der Waals surface area contributed by atoms with E-state index in [0.717, 1.165) is 0 Å². The largest absolute Gasteiger partial charge is 0.378 e. The van der Waals surface area contributed by atoms with Gasteiger partial charge >= 0.3 is 0 Å². The van der Waals surface area contributed by atoms with Crippen molar-refractivity contribution in [3.63, 3.8) is 0 Å². The maximum atomic E-state index is 11.8. The van der Waals surface area contributed by atoms with Gasteiger partial charge in [-0.1, -0.05) is 5.92 Å². The molecule has 0 aliphatic heterocycles. The van der Waals surface area contributed by atoms with Gasteiger partial charge in [0, 0.05) is 6.54 Å². The molecule has 2 aromatic rings. The number of rotatable bonds is 14. The van der Waals surface area contributed by atoms with Crippen LogP contribution in [0.4, 0.5) is 5.95 Å². The van der Waals surface area contributed by atoms with Crippen LogP contribution in [-0.2, 0) is 18.9 Å². The van der Waals surface area contributed by atoms with Gasteiger partial charge in [0.2, 0.25) is 5.95 Å². The van der Waals surface area contributed by atoms with E-state index in [-0.39, 0.29) is 18.1 Å². The first-order valence-corrected chi connectivity index (χ1v) is 8.87. The molecule has 5 N–H and O–H groups in total. The van der Waals surface area contributed by atoms with E-state index < -0.39 is 11.6 Å². The highest BCUT2D eigenvalue weighted by Crippen LogP contribution is 2.14. The van der Waals surface area contributed by atoms with E-state index in [1.54, 1.807) is 4.57 Å². The molecule has 0 bridgehead atoms. The number of terminal acetylenes is 1. The summed E-state index contributed by atoms with van der Waals surface area (Å²) in [5.41, 5.74) is 11.0. The number of nitrogen functional groups attached to an aromatic ring is 1. The minimum absolute atomic E-state index is 0.00231. The third-order valence-electron chi connectivity index (χ3n) is 3.63. The molecule has 1 atom stereocenters. The lowest BCUT2D eigenvalue weighted by molar-refractivity contribution is -0.00274. The monoisotopic (exact) mass is 394 g/mol. The second-order valence-corrected chi connectivity index (χ2v) is 5.66. The van der Waals surface area contributed by atoms with Crippen molar-refractivity contribution in [1.82, 2.24) is 19.5 Å². The molecular formula is C17H26N6O5. The Bertz CT molecular complexity index is 814. The number of nitrogens with zero attached hydrogens (tertiary/aromatic N) is 3. The van der Waals surface area contributed by atoms with Gasteiger partial charge in [-0.05, 0) is 0 Å². The van der Waals surface area contributed by atoms with E-state index in [4.69, 9.17) is 36.8 Å². The first-order chi connectivity index (χ1) is 13.7. The fourth-order valence-corrected chi connectivity index (χ4v) is 2.32.